The first-order valence-electron chi connectivity index (χ1n) is 7.38. The number of benzene rings is 1. The van der Waals surface area contributed by atoms with Crippen LogP contribution in [-0.4, -0.2) is 33.5 Å². The first-order valence-corrected chi connectivity index (χ1v) is 7.38. The van der Waals surface area contributed by atoms with Gasteiger partial charge in [0.1, 0.15) is 5.82 Å². The van der Waals surface area contributed by atoms with E-state index in [9.17, 15) is 4.39 Å². The van der Waals surface area contributed by atoms with Crippen molar-refractivity contribution in [2.75, 3.05) is 27.4 Å². The Morgan fingerprint density at radius 1 is 1.33 bits per heavy atom. The molecule has 1 N–H and O–H groups in total. The monoisotopic (exact) mass is 297 g/mol. The van der Waals surface area contributed by atoms with Crippen LogP contribution < -0.4 is 14.8 Å². The van der Waals surface area contributed by atoms with Gasteiger partial charge in [-0.15, -0.1) is 0 Å². The van der Waals surface area contributed by atoms with Gasteiger partial charge in [0.15, 0.2) is 11.5 Å². The molecule has 21 heavy (non-hydrogen) atoms. The van der Waals surface area contributed by atoms with E-state index in [4.69, 9.17) is 14.2 Å². The molecule has 1 aromatic carbocycles. The van der Waals surface area contributed by atoms with E-state index < -0.39 is 0 Å². The summed E-state index contributed by atoms with van der Waals surface area (Å²) >= 11 is 0. The summed E-state index contributed by atoms with van der Waals surface area (Å²) in [6, 6.07) is 3.03. The van der Waals surface area contributed by atoms with Crippen LogP contribution in [0.4, 0.5) is 4.39 Å². The normalized spacial score (nSPS) is 23.1. The third kappa shape index (κ3) is 3.30. The summed E-state index contributed by atoms with van der Waals surface area (Å²) < 4.78 is 30.6. The van der Waals surface area contributed by atoms with E-state index in [1.807, 2.05) is 13.8 Å². The maximum Gasteiger partial charge on any atom is 0.163 e. The Kier molecular flexibility index (Phi) is 5.42. The molecule has 0 amide bonds. The third-order valence-electron chi connectivity index (χ3n) is 4.12. The minimum atomic E-state index is -0.280. The lowest BCUT2D eigenvalue weighted by atomic mass is 9.87. The Morgan fingerprint density at radius 3 is 2.52 bits per heavy atom. The molecule has 0 spiro atoms. The zero-order valence-corrected chi connectivity index (χ0v) is 13.1. The molecule has 0 bridgehead atoms. The SMILES string of the molecule is CCNC(c1cc(OC)c(OC)cc1F)C1CCOC1C. The third-order valence-corrected chi connectivity index (χ3v) is 4.12. The number of methoxy groups -OCH3 is 2. The van der Waals surface area contributed by atoms with Crippen LogP contribution in [0.15, 0.2) is 12.1 Å². The highest BCUT2D eigenvalue weighted by atomic mass is 19.1. The Balaban J connectivity index is 2.39. The van der Waals surface area contributed by atoms with Gasteiger partial charge in [0.25, 0.3) is 0 Å². The fourth-order valence-corrected chi connectivity index (χ4v) is 3.01. The summed E-state index contributed by atoms with van der Waals surface area (Å²) in [5.41, 5.74) is 0.608. The summed E-state index contributed by atoms with van der Waals surface area (Å²) in [7, 11) is 3.06. The maximum absolute atomic E-state index is 14.5. The number of hydrogen-bond acceptors (Lipinski definition) is 4. The summed E-state index contributed by atoms with van der Waals surface area (Å²) in [5, 5.41) is 3.38. The standard InChI is InChI=1S/C16H24FNO3/c1-5-18-16(11-6-7-21-10(11)2)12-8-14(19-3)15(20-4)9-13(12)17/h8-11,16,18H,5-7H2,1-4H3. The molecule has 1 aromatic rings. The Labute approximate surface area is 125 Å². The lowest BCUT2D eigenvalue weighted by Gasteiger charge is -2.28. The number of hydrogen-bond donors (Lipinski definition) is 1. The molecule has 1 fully saturated rings. The van der Waals surface area contributed by atoms with Crippen molar-refractivity contribution in [1.29, 1.82) is 0 Å². The minimum absolute atomic E-state index is 0.0905. The fraction of sp³-hybridized carbons (Fsp3) is 0.625. The van der Waals surface area contributed by atoms with Crippen LogP contribution in [0.1, 0.15) is 31.9 Å². The molecule has 0 aliphatic carbocycles. The molecule has 4 nitrogen and oxygen atoms in total. The van der Waals surface area contributed by atoms with Gasteiger partial charge < -0.3 is 19.5 Å². The van der Waals surface area contributed by atoms with Crippen molar-refractivity contribution in [3.63, 3.8) is 0 Å². The van der Waals surface area contributed by atoms with E-state index in [2.05, 4.69) is 5.32 Å². The molecule has 2 rings (SSSR count). The molecule has 3 unspecified atom stereocenters. The number of rotatable bonds is 6. The maximum atomic E-state index is 14.5. The Morgan fingerprint density at radius 2 is 2.00 bits per heavy atom. The van der Waals surface area contributed by atoms with Gasteiger partial charge in [-0.25, -0.2) is 4.39 Å². The second kappa shape index (κ2) is 7.09. The van der Waals surface area contributed by atoms with E-state index in [1.165, 1.54) is 13.2 Å². The van der Waals surface area contributed by atoms with E-state index >= 15 is 0 Å². The number of nitrogens with one attached hydrogen (secondary N) is 1. The average Bonchev–Trinajstić information content (AvgIpc) is 2.90. The van der Waals surface area contributed by atoms with E-state index in [0.717, 1.165) is 19.6 Å². The smallest absolute Gasteiger partial charge is 0.163 e. The van der Waals surface area contributed by atoms with Gasteiger partial charge in [0, 0.05) is 30.2 Å². The van der Waals surface area contributed by atoms with Gasteiger partial charge in [0.2, 0.25) is 0 Å². The molecule has 0 aromatic heterocycles. The molecule has 118 valence electrons. The summed E-state index contributed by atoms with van der Waals surface area (Å²) in [4.78, 5) is 0. The molecule has 1 saturated heterocycles. The largest absolute Gasteiger partial charge is 0.493 e. The molecule has 0 saturated carbocycles. The van der Waals surface area contributed by atoms with Crippen molar-refractivity contribution in [3.8, 4) is 11.5 Å². The quantitative estimate of drug-likeness (QED) is 0.876. The van der Waals surface area contributed by atoms with Gasteiger partial charge in [-0.05, 0) is 26.0 Å². The summed E-state index contributed by atoms with van der Waals surface area (Å²) in [6.45, 7) is 5.55. The van der Waals surface area contributed by atoms with Crippen LogP contribution in [0, 0.1) is 11.7 Å². The van der Waals surface area contributed by atoms with Gasteiger partial charge >= 0.3 is 0 Å². The molecule has 3 atom stereocenters. The van der Waals surface area contributed by atoms with Gasteiger partial charge in [0.05, 0.1) is 20.3 Å². The highest BCUT2D eigenvalue weighted by molar-refractivity contribution is 5.45. The van der Waals surface area contributed by atoms with Crippen molar-refractivity contribution < 1.29 is 18.6 Å². The van der Waals surface area contributed by atoms with Crippen LogP contribution in [0.3, 0.4) is 0 Å². The van der Waals surface area contributed by atoms with Crippen molar-refractivity contribution in [1.82, 2.24) is 5.32 Å². The summed E-state index contributed by atoms with van der Waals surface area (Å²) in [6.07, 6.45) is 1.04. The van der Waals surface area contributed by atoms with Crippen LogP contribution in [0.5, 0.6) is 11.5 Å². The van der Waals surface area contributed by atoms with Crippen molar-refractivity contribution >= 4 is 0 Å². The zero-order valence-electron chi connectivity index (χ0n) is 13.1. The van der Waals surface area contributed by atoms with Gasteiger partial charge in [-0.3, -0.25) is 0 Å². The fourth-order valence-electron chi connectivity index (χ4n) is 3.01. The van der Waals surface area contributed by atoms with Crippen LogP contribution in [-0.2, 0) is 4.74 Å². The number of halogens is 1. The molecular formula is C16H24FNO3. The van der Waals surface area contributed by atoms with Crippen molar-refractivity contribution in [2.45, 2.75) is 32.4 Å². The second-order valence-corrected chi connectivity index (χ2v) is 5.29. The molecule has 5 heteroatoms. The highest BCUT2D eigenvalue weighted by Crippen LogP contribution is 2.38. The number of ether oxygens (including phenoxy) is 3. The van der Waals surface area contributed by atoms with E-state index in [1.54, 1.807) is 13.2 Å². The topological polar surface area (TPSA) is 39.7 Å². The summed E-state index contributed by atoms with van der Waals surface area (Å²) in [5.74, 6) is 0.920. The van der Waals surface area contributed by atoms with E-state index in [0.29, 0.717) is 17.1 Å². The second-order valence-electron chi connectivity index (χ2n) is 5.29. The molecule has 1 aliphatic heterocycles. The van der Waals surface area contributed by atoms with Crippen molar-refractivity contribution in [2.24, 2.45) is 5.92 Å². The molecular weight excluding hydrogens is 273 g/mol. The van der Waals surface area contributed by atoms with Crippen LogP contribution >= 0.6 is 0 Å². The minimum Gasteiger partial charge on any atom is -0.493 e. The highest BCUT2D eigenvalue weighted by Gasteiger charge is 2.34. The van der Waals surface area contributed by atoms with Gasteiger partial charge in [-0.2, -0.15) is 0 Å². The van der Waals surface area contributed by atoms with Crippen LogP contribution in [0.25, 0.3) is 0 Å². The molecule has 1 aliphatic rings. The zero-order chi connectivity index (χ0) is 15.4. The van der Waals surface area contributed by atoms with Gasteiger partial charge in [-0.1, -0.05) is 6.92 Å². The Bertz CT molecular complexity index is 481. The molecule has 0 radical (unpaired) electrons. The lowest BCUT2D eigenvalue weighted by molar-refractivity contribution is 0.0951. The van der Waals surface area contributed by atoms with Crippen molar-refractivity contribution in [3.05, 3.63) is 23.5 Å². The van der Waals surface area contributed by atoms with E-state index in [-0.39, 0.29) is 23.9 Å². The first-order chi connectivity index (χ1) is 10.1. The Hall–Kier alpha value is -1.33. The predicted molar refractivity (Wildman–Crippen MR) is 79.4 cm³/mol. The van der Waals surface area contributed by atoms with Crippen LogP contribution in [0.2, 0.25) is 0 Å². The molecule has 1 heterocycles. The first kappa shape index (κ1) is 16.0. The predicted octanol–water partition coefficient (Wildman–Crippen LogP) is 2.92. The average molecular weight is 297 g/mol. The lowest BCUT2D eigenvalue weighted by Crippen LogP contribution is -2.32.